The Balaban J connectivity index is 1.74. The van der Waals surface area contributed by atoms with Gasteiger partial charge in [-0.2, -0.15) is 0 Å². The second-order valence-electron chi connectivity index (χ2n) is 7.56. The van der Waals surface area contributed by atoms with Gasteiger partial charge in [-0.05, 0) is 71.8 Å². The number of hydrogen-bond acceptors (Lipinski definition) is 4. The summed E-state index contributed by atoms with van der Waals surface area (Å²) in [6, 6.07) is 7.90. The fourth-order valence-electron chi connectivity index (χ4n) is 3.64. The molecule has 1 unspecified atom stereocenters. The van der Waals surface area contributed by atoms with Crippen molar-refractivity contribution in [1.82, 2.24) is 10.6 Å². The molecule has 0 fully saturated rings. The van der Waals surface area contributed by atoms with Crippen LogP contribution in [0.15, 0.2) is 36.4 Å². The topological polar surface area (TPSA) is 90.8 Å². The van der Waals surface area contributed by atoms with Crippen molar-refractivity contribution in [3.63, 3.8) is 0 Å². The summed E-state index contributed by atoms with van der Waals surface area (Å²) in [6.45, 7) is 2.58. The number of halogens is 3. The van der Waals surface area contributed by atoms with Crippen LogP contribution >= 0.6 is 22.6 Å². The first-order chi connectivity index (χ1) is 14.2. The van der Waals surface area contributed by atoms with Crippen molar-refractivity contribution < 1.29 is 28.5 Å². The van der Waals surface area contributed by atoms with Gasteiger partial charge in [0.25, 0.3) is 0 Å². The third-order valence-electron chi connectivity index (χ3n) is 5.25. The SMILES string of the molecule is CC1(NC[C@H](O)[C@H](Cc2cc(F)cc(F)c2)NC(=O)O)CCOc2ccc(I)cc21. The number of carboxylic acid groups (broad SMARTS) is 1. The summed E-state index contributed by atoms with van der Waals surface area (Å²) in [5.41, 5.74) is 0.736. The highest BCUT2D eigenvalue weighted by Crippen LogP contribution is 2.37. The van der Waals surface area contributed by atoms with E-state index in [0.717, 1.165) is 33.1 Å². The maximum atomic E-state index is 13.5. The predicted molar refractivity (Wildman–Crippen MR) is 116 cm³/mol. The van der Waals surface area contributed by atoms with Crippen molar-refractivity contribution in [1.29, 1.82) is 0 Å². The molecule has 1 aliphatic heterocycles. The molecule has 0 radical (unpaired) electrons. The van der Waals surface area contributed by atoms with Gasteiger partial charge in [0, 0.05) is 33.7 Å². The molecular formula is C21H23F2IN2O4. The predicted octanol–water partition coefficient (Wildman–Crippen LogP) is 3.40. The number of nitrogens with one attached hydrogen (secondary N) is 2. The summed E-state index contributed by atoms with van der Waals surface area (Å²) < 4.78 is 33.7. The first-order valence-electron chi connectivity index (χ1n) is 9.46. The summed E-state index contributed by atoms with van der Waals surface area (Å²) in [5, 5.41) is 25.4. The van der Waals surface area contributed by atoms with Crippen molar-refractivity contribution in [2.75, 3.05) is 13.2 Å². The maximum absolute atomic E-state index is 13.5. The fourth-order valence-corrected chi connectivity index (χ4v) is 4.13. The Morgan fingerprint density at radius 1 is 1.27 bits per heavy atom. The van der Waals surface area contributed by atoms with Crippen LogP contribution in [0.4, 0.5) is 13.6 Å². The molecule has 1 heterocycles. The molecule has 2 aromatic carbocycles. The molecule has 162 valence electrons. The van der Waals surface area contributed by atoms with Gasteiger partial charge in [0.15, 0.2) is 0 Å². The molecule has 0 spiro atoms. The van der Waals surface area contributed by atoms with Gasteiger partial charge < -0.3 is 25.6 Å². The van der Waals surface area contributed by atoms with Crippen LogP contribution in [0.25, 0.3) is 0 Å². The molecule has 1 amide bonds. The first-order valence-corrected chi connectivity index (χ1v) is 10.5. The van der Waals surface area contributed by atoms with E-state index in [-0.39, 0.29) is 18.5 Å². The number of fused-ring (bicyclic) bond motifs is 1. The molecule has 3 rings (SSSR count). The van der Waals surface area contributed by atoms with Crippen LogP contribution in [0.2, 0.25) is 0 Å². The normalized spacial score (nSPS) is 20.0. The van der Waals surface area contributed by atoms with Crippen LogP contribution < -0.4 is 15.4 Å². The molecule has 0 aromatic heterocycles. The van der Waals surface area contributed by atoms with Crippen molar-refractivity contribution in [3.05, 3.63) is 62.7 Å². The molecule has 4 N–H and O–H groups in total. The van der Waals surface area contributed by atoms with Crippen LogP contribution in [0, 0.1) is 15.2 Å². The average Bonchev–Trinajstić information content (AvgIpc) is 2.65. The third-order valence-corrected chi connectivity index (χ3v) is 5.92. The number of amides is 1. The molecule has 6 nitrogen and oxygen atoms in total. The molecule has 3 atom stereocenters. The summed E-state index contributed by atoms with van der Waals surface area (Å²) >= 11 is 2.22. The zero-order chi connectivity index (χ0) is 21.9. The fraction of sp³-hybridized carbons (Fsp3) is 0.381. The van der Waals surface area contributed by atoms with E-state index in [0.29, 0.717) is 13.0 Å². The van der Waals surface area contributed by atoms with Crippen LogP contribution in [0.5, 0.6) is 5.75 Å². The van der Waals surface area contributed by atoms with Crippen LogP contribution in [-0.2, 0) is 12.0 Å². The summed E-state index contributed by atoms with van der Waals surface area (Å²) in [4.78, 5) is 11.2. The Labute approximate surface area is 186 Å². The van der Waals surface area contributed by atoms with Gasteiger partial charge in [-0.1, -0.05) is 0 Å². The molecule has 0 saturated heterocycles. The monoisotopic (exact) mass is 532 g/mol. The van der Waals surface area contributed by atoms with E-state index >= 15 is 0 Å². The second kappa shape index (κ2) is 9.44. The number of benzene rings is 2. The minimum atomic E-state index is -1.33. The molecule has 0 saturated carbocycles. The quantitative estimate of drug-likeness (QED) is 0.411. The van der Waals surface area contributed by atoms with E-state index in [9.17, 15) is 18.7 Å². The lowest BCUT2D eigenvalue weighted by Crippen LogP contribution is -2.52. The summed E-state index contributed by atoms with van der Waals surface area (Å²) in [6.07, 6.45) is -1.84. The first kappa shape index (κ1) is 22.7. The van der Waals surface area contributed by atoms with Crippen LogP contribution in [0.1, 0.15) is 24.5 Å². The van der Waals surface area contributed by atoms with Gasteiger partial charge in [0.2, 0.25) is 0 Å². The summed E-state index contributed by atoms with van der Waals surface area (Å²) in [7, 11) is 0. The number of rotatable bonds is 7. The van der Waals surface area contributed by atoms with E-state index in [4.69, 9.17) is 9.84 Å². The lowest BCUT2D eigenvalue weighted by molar-refractivity contribution is 0.101. The van der Waals surface area contributed by atoms with E-state index in [2.05, 4.69) is 33.2 Å². The molecule has 0 bridgehead atoms. The Kier molecular flexibility index (Phi) is 7.14. The molecule has 30 heavy (non-hydrogen) atoms. The number of hydrogen-bond donors (Lipinski definition) is 4. The van der Waals surface area contributed by atoms with Gasteiger partial charge in [0.05, 0.1) is 18.8 Å². The lowest BCUT2D eigenvalue weighted by atomic mass is 9.86. The molecule has 1 aliphatic rings. The van der Waals surface area contributed by atoms with Crippen molar-refractivity contribution in [2.45, 2.75) is 37.5 Å². The van der Waals surface area contributed by atoms with Crippen molar-refractivity contribution in [2.24, 2.45) is 0 Å². The highest BCUT2D eigenvalue weighted by atomic mass is 127. The Hall–Kier alpha value is -1.98. The van der Waals surface area contributed by atoms with Crippen molar-refractivity contribution in [3.8, 4) is 5.75 Å². The van der Waals surface area contributed by atoms with Crippen LogP contribution in [0.3, 0.4) is 0 Å². The molecular weight excluding hydrogens is 509 g/mol. The number of aliphatic hydroxyl groups is 1. The minimum absolute atomic E-state index is 0.0574. The summed E-state index contributed by atoms with van der Waals surface area (Å²) in [5.74, 6) is -0.748. The maximum Gasteiger partial charge on any atom is 0.404 e. The van der Waals surface area contributed by atoms with E-state index in [1.807, 2.05) is 25.1 Å². The molecule has 2 aromatic rings. The van der Waals surface area contributed by atoms with E-state index in [1.165, 1.54) is 0 Å². The Morgan fingerprint density at radius 2 is 1.97 bits per heavy atom. The zero-order valence-corrected chi connectivity index (χ0v) is 18.4. The number of ether oxygens (including phenoxy) is 1. The van der Waals surface area contributed by atoms with Gasteiger partial charge >= 0.3 is 6.09 Å². The van der Waals surface area contributed by atoms with Gasteiger partial charge in [-0.25, -0.2) is 13.6 Å². The van der Waals surface area contributed by atoms with Gasteiger partial charge in [-0.15, -0.1) is 0 Å². The number of aliphatic hydroxyl groups excluding tert-OH is 1. The van der Waals surface area contributed by atoms with Crippen molar-refractivity contribution >= 4 is 28.7 Å². The third kappa shape index (κ3) is 5.58. The average molecular weight is 532 g/mol. The minimum Gasteiger partial charge on any atom is -0.493 e. The highest BCUT2D eigenvalue weighted by Gasteiger charge is 2.34. The Bertz CT molecular complexity index is 910. The van der Waals surface area contributed by atoms with E-state index in [1.54, 1.807) is 0 Å². The Morgan fingerprint density at radius 3 is 2.63 bits per heavy atom. The standard InChI is InChI=1S/C21H23F2IN2O4/c1-21(4-5-30-19-3-2-15(24)10-16(19)21)25-11-18(27)17(26-20(28)29)8-12-6-13(22)9-14(23)7-12/h2-3,6-7,9-10,17-18,25-27H,4-5,8,11H2,1H3,(H,28,29)/t17-,18-,21?/m0/s1. The zero-order valence-electron chi connectivity index (χ0n) is 16.3. The highest BCUT2D eigenvalue weighted by molar-refractivity contribution is 14.1. The molecule has 0 aliphatic carbocycles. The largest absolute Gasteiger partial charge is 0.493 e. The van der Waals surface area contributed by atoms with E-state index < -0.39 is 35.4 Å². The molecule has 9 heteroatoms. The van der Waals surface area contributed by atoms with Gasteiger partial charge in [-0.3, -0.25) is 0 Å². The van der Waals surface area contributed by atoms with Gasteiger partial charge in [0.1, 0.15) is 17.4 Å². The van der Waals surface area contributed by atoms with Crippen LogP contribution in [-0.4, -0.2) is 41.6 Å². The second-order valence-corrected chi connectivity index (χ2v) is 8.80. The smallest absolute Gasteiger partial charge is 0.404 e. The number of carbonyl (C=O) groups is 1. The lowest BCUT2D eigenvalue weighted by Gasteiger charge is -2.38.